The summed E-state index contributed by atoms with van der Waals surface area (Å²) in [5.41, 5.74) is 2.54. The highest BCUT2D eigenvalue weighted by Crippen LogP contribution is 2.24. The molecule has 1 amide bonds. The van der Waals surface area contributed by atoms with E-state index in [-0.39, 0.29) is 11.6 Å². The second-order valence-electron chi connectivity index (χ2n) is 6.85. The normalized spacial score (nSPS) is 14.3. The number of nitro groups is 1. The van der Waals surface area contributed by atoms with Crippen LogP contribution >= 0.6 is 11.3 Å². The molecule has 9 nitrogen and oxygen atoms in total. The number of hydrogen-bond acceptors (Lipinski definition) is 7. The summed E-state index contributed by atoms with van der Waals surface area (Å²) >= 11 is 1.54. The van der Waals surface area contributed by atoms with Crippen molar-refractivity contribution in [2.45, 2.75) is 13.8 Å². The van der Waals surface area contributed by atoms with Crippen molar-refractivity contribution in [3.63, 3.8) is 0 Å². The molecule has 0 atom stereocenters. The second kappa shape index (κ2) is 7.63. The van der Waals surface area contributed by atoms with Crippen molar-refractivity contribution < 1.29 is 9.72 Å². The first-order valence-electron chi connectivity index (χ1n) is 9.19. The Hall–Kier alpha value is -3.27. The van der Waals surface area contributed by atoms with Crippen molar-refractivity contribution in [2.24, 2.45) is 0 Å². The molecule has 0 radical (unpaired) electrons. The fourth-order valence-electron chi connectivity index (χ4n) is 3.58. The van der Waals surface area contributed by atoms with Gasteiger partial charge in [-0.3, -0.25) is 19.5 Å². The van der Waals surface area contributed by atoms with Gasteiger partial charge in [0.25, 0.3) is 11.6 Å². The predicted molar refractivity (Wildman–Crippen MR) is 110 cm³/mol. The zero-order valence-electron chi connectivity index (χ0n) is 16.1. The van der Waals surface area contributed by atoms with Crippen LogP contribution in [-0.4, -0.2) is 56.4 Å². The maximum Gasteiger partial charge on any atom is 0.287 e. The average Bonchev–Trinajstić information content (AvgIpc) is 3.35. The van der Waals surface area contributed by atoms with Gasteiger partial charge in [0.05, 0.1) is 10.5 Å². The molecule has 1 saturated heterocycles. The Morgan fingerprint density at radius 1 is 1.17 bits per heavy atom. The van der Waals surface area contributed by atoms with Crippen LogP contribution in [0.1, 0.15) is 21.7 Å². The van der Waals surface area contributed by atoms with Gasteiger partial charge < -0.3 is 9.80 Å². The third-order valence-corrected chi connectivity index (χ3v) is 5.86. The van der Waals surface area contributed by atoms with Gasteiger partial charge in [-0.25, -0.2) is 9.97 Å². The quantitative estimate of drug-likeness (QED) is 0.483. The fourth-order valence-corrected chi connectivity index (χ4v) is 4.33. The number of thiazole rings is 1. The van der Waals surface area contributed by atoms with E-state index in [9.17, 15) is 14.9 Å². The van der Waals surface area contributed by atoms with E-state index in [1.54, 1.807) is 12.3 Å². The Balaban J connectivity index is 1.46. The third-order valence-electron chi connectivity index (χ3n) is 5.11. The van der Waals surface area contributed by atoms with Crippen LogP contribution in [0.2, 0.25) is 0 Å². The number of carbonyl (C=O) groups is 1. The standard InChI is InChI=1S/C19H20N6O3S/c1-13-11-16(14(2)24(13)19-20-5-10-29-19)18(26)23-8-6-22(7-9-23)17-4-3-15(12-21-17)25(27)28/h3-5,10-12H,6-9H2,1-2H3. The Morgan fingerprint density at radius 2 is 1.93 bits per heavy atom. The second-order valence-corrected chi connectivity index (χ2v) is 7.72. The summed E-state index contributed by atoms with van der Waals surface area (Å²) in [6, 6.07) is 5.02. The van der Waals surface area contributed by atoms with Crippen molar-refractivity contribution >= 4 is 28.7 Å². The summed E-state index contributed by atoms with van der Waals surface area (Å²) in [5, 5.41) is 13.5. The summed E-state index contributed by atoms with van der Waals surface area (Å²) < 4.78 is 2.01. The lowest BCUT2D eigenvalue weighted by atomic mass is 10.2. The number of anilines is 1. The SMILES string of the molecule is Cc1cc(C(=O)N2CCN(c3ccc([N+](=O)[O-])cn3)CC2)c(C)n1-c1nccs1. The van der Waals surface area contributed by atoms with Crippen molar-refractivity contribution in [3.8, 4) is 5.13 Å². The van der Waals surface area contributed by atoms with Crippen molar-refractivity contribution in [2.75, 3.05) is 31.1 Å². The molecule has 0 spiro atoms. The average molecular weight is 412 g/mol. The predicted octanol–water partition coefficient (Wildman–Crippen LogP) is 2.82. The molecule has 1 aliphatic heterocycles. The van der Waals surface area contributed by atoms with Crippen molar-refractivity contribution in [3.05, 3.63) is 63.0 Å². The van der Waals surface area contributed by atoms with Gasteiger partial charge in [0, 0.05) is 55.2 Å². The Morgan fingerprint density at radius 3 is 2.52 bits per heavy atom. The summed E-state index contributed by atoms with van der Waals surface area (Å²) in [7, 11) is 0. The lowest BCUT2D eigenvalue weighted by Gasteiger charge is -2.35. The molecule has 150 valence electrons. The van der Waals surface area contributed by atoms with Gasteiger partial charge in [-0.2, -0.15) is 0 Å². The molecule has 3 aromatic heterocycles. The smallest absolute Gasteiger partial charge is 0.287 e. The van der Waals surface area contributed by atoms with E-state index in [1.165, 1.54) is 23.6 Å². The first-order valence-corrected chi connectivity index (χ1v) is 10.1. The summed E-state index contributed by atoms with van der Waals surface area (Å²) in [6.07, 6.45) is 3.02. The number of aryl methyl sites for hydroxylation is 1. The number of rotatable bonds is 4. The van der Waals surface area contributed by atoms with Crippen molar-refractivity contribution in [1.29, 1.82) is 0 Å². The molecule has 0 N–H and O–H groups in total. The first kappa shape index (κ1) is 19.1. The van der Waals surface area contributed by atoms with Gasteiger partial charge in [-0.1, -0.05) is 0 Å². The van der Waals surface area contributed by atoms with E-state index in [2.05, 4.69) is 9.97 Å². The molecule has 0 bridgehead atoms. The largest absolute Gasteiger partial charge is 0.353 e. The number of carbonyl (C=O) groups excluding carboxylic acids is 1. The molecule has 4 rings (SSSR count). The molecule has 10 heteroatoms. The number of hydrogen-bond donors (Lipinski definition) is 0. The third kappa shape index (κ3) is 3.58. The minimum atomic E-state index is -0.463. The highest BCUT2D eigenvalue weighted by atomic mass is 32.1. The minimum absolute atomic E-state index is 0.0113. The Kier molecular flexibility index (Phi) is 5.01. The number of piperazine rings is 1. The maximum absolute atomic E-state index is 13.1. The van der Waals surface area contributed by atoms with Crippen LogP contribution in [0.4, 0.5) is 11.5 Å². The molecular weight excluding hydrogens is 392 g/mol. The van der Waals surface area contributed by atoms with Gasteiger partial charge in [0.1, 0.15) is 12.0 Å². The topological polar surface area (TPSA) is 97.4 Å². The van der Waals surface area contributed by atoms with Crippen LogP contribution in [0, 0.1) is 24.0 Å². The van der Waals surface area contributed by atoms with E-state index in [4.69, 9.17) is 0 Å². The highest BCUT2D eigenvalue weighted by molar-refractivity contribution is 7.12. The number of aromatic nitrogens is 3. The Bertz CT molecular complexity index is 1040. The van der Waals surface area contributed by atoms with E-state index in [0.717, 1.165) is 16.5 Å². The van der Waals surface area contributed by atoms with Crippen LogP contribution in [0.5, 0.6) is 0 Å². The van der Waals surface area contributed by atoms with E-state index in [0.29, 0.717) is 37.6 Å². The molecular formula is C19H20N6O3S. The van der Waals surface area contributed by atoms with E-state index < -0.39 is 4.92 Å². The van der Waals surface area contributed by atoms with Crippen LogP contribution in [0.3, 0.4) is 0 Å². The molecule has 0 saturated carbocycles. The first-order chi connectivity index (χ1) is 14.0. The number of nitrogens with zero attached hydrogens (tertiary/aromatic N) is 6. The zero-order chi connectivity index (χ0) is 20.5. The number of pyridine rings is 1. The molecule has 3 aromatic rings. The van der Waals surface area contributed by atoms with Gasteiger partial charge in [0.15, 0.2) is 5.13 Å². The van der Waals surface area contributed by atoms with Crippen LogP contribution < -0.4 is 4.90 Å². The lowest BCUT2D eigenvalue weighted by molar-refractivity contribution is -0.385. The minimum Gasteiger partial charge on any atom is -0.353 e. The maximum atomic E-state index is 13.1. The number of amides is 1. The van der Waals surface area contributed by atoms with E-state index in [1.807, 2.05) is 39.7 Å². The highest BCUT2D eigenvalue weighted by Gasteiger charge is 2.26. The molecule has 0 aliphatic carbocycles. The summed E-state index contributed by atoms with van der Waals surface area (Å²) in [6.45, 7) is 6.31. The lowest BCUT2D eigenvalue weighted by Crippen LogP contribution is -2.49. The molecule has 29 heavy (non-hydrogen) atoms. The Labute approximate surface area is 171 Å². The summed E-state index contributed by atoms with van der Waals surface area (Å²) in [4.78, 5) is 35.8. The van der Waals surface area contributed by atoms with Gasteiger partial charge in [0.2, 0.25) is 0 Å². The zero-order valence-corrected chi connectivity index (χ0v) is 16.9. The van der Waals surface area contributed by atoms with Crippen molar-refractivity contribution in [1.82, 2.24) is 19.4 Å². The van der Waals surface area contributed by atoms with Gasteiger partial charge >= 0.3 is 0 Å². The monoisotopic (exact) mass is 412 g/mol. The molecule has 4 heterocycles. The molecule has 0 aromatic carbocycles. The molecule has 1 aliphatic rings. The molecule has 0 unspecified atom stereocenters. The summed E-state index contributed by atoms with van der Waals surface area (Å²) in [5.74, 6) is 0.696. The van der Waals surface area contributed by atoms with Gasteiger partial charge in [-0.05, 0) is 26.0 Å². The van der Waals surface area contributed by atoms with E-state index >= 15 is 0 Å². The van der Waals surface area contributed by atoms with Gasteiger partial charge in [-0.15, -0.1) is 11.3 Å². The van der Waals surface area contributed by atoms with Crippen LogP contribution in [0.25, 0.3) is 5.13 Å². The van der Waals surface area contributed by atoms with Crippen LogP contribution in [-0.2, 0) is 0 Å². The fraction of sp³-hybridized carbons (Fsp3) is 0.316. The van der Waals surface area contributed by atoms with Crippen LogP contribution in [0.15, 0.2) is 36.0 Å². The molecule has 1 fully saturated rings.